The van der Waals surface area contributed by atoms with Gasteiger partial charge in [-0.25, -0.2) is 8.78 Å². The minimum absolute atomic E-state index is 0.104. The van der Waals surface area contributed by atoms with Crippen LogP contribution in [0.5, 0.6) is 0 Å². The van der Waals surface area contributed by atoms with Crippen molar-refractivity contribution < 1.29 is 8.78 Å². The third-order valence-corrected chi connectivity index (χ3v) is 3.59. The van der Waals surface area contributed by atoms with E-state index < -0.39 is 5.92 Å². The number of nitrogens with zero attached hydrogens (tertiary/aromatic N) is 1. The molecule has 82 valence electrons. The van der Waals surface area contributed by atoms with Gasteiger partial charge in [0.1, 0.15) is 0 Å². The highest BCUT2D eigenvalue weighted by Gasteiger charge is 2.53. The molecule has 2 rings (SSSR count). The molecule has 2 aliphatic rings. The van der Waals surface area contributed by atoms with E-state index >= 15 is 0 Å². The molecule has 2 fully saturated rings. The van der Waals surface area contributed by atoms with Crippen LogP contribution in [-0.4, -0.2) is 37.0 Å². The fourth-order valence-electron chi connectivity index (χ4n) is 2.79. The van der Waals surface area contributed by atoms with Crippen LogP contribution in [0.4, 0.5) is 8.78 Å². The summed E-state index contributed by atoms with van der Waals surface area (Å²) in [5, 5.41) is 0. The highest BCUT2D eigenvalue weighted by atomic mass is 19.3. The molecule has 2 nitrogen and oxygen atoms in total. The first kappa shape index (κ1) is 10.3. The van der Waals surface area contributed by atoms with Gasteiger partial charge in [-0.1, -0.05) is 0 Å². The molecule has 0 spiro atoms. The molecule has 4 heteroatoms. The molecule has 0 bridgehead atoms. The zero-order chi connectivity index (χ0) is 10.2. The fraction of sp³-hybridized carbons (Fsp3) is 1.00. The molecule has 1 aliphatic carbocycles. The van der Waals surface area contributed by atoms with Crippen molar-refractivity contribution in [3.05, 3.63) is 0 Å². The predicted octanol–water partition coefficient (Wildman–Crippen LogP) is 1.31. The van der Waals surface area contributed by atoms with Gasteiger partial charge >= 0.3 is 0 Å². The summed E-state index contributed by atoms with van der Waals surface area (Å²) in [5.41, 5.74) is 5.40. The molecule has 0 aromatic carbocycles. The van der Waals surface area contributed by atoms with Gasteiger partial charge in [-0.05, 0) is 31.8 Å². The maximum atomic E-state index is 13.3. The summed E-state index contributed by atoms with van der Waals surface area (Å²) in [6.45, 7) is 2.99. The number of halogens is 2. The van der Waals surface area contributed by atoms with Crippen LogP contribution in [0.1, 0.15) is 19.3 Å². The van der Waals surface area contributed by atoms with Crippen molar-refractivity contribution in [1.29, 1.82) is 0 Å². The van der Waals surface area contributed by atoms with Gasteiger partial charge in [0.2, 0.25) is 0 Å². The Bertz CT molecular complexity index is 208. The van der Waals surface area contributed by atoms with Crippen LogP contribution in [0, 0.1) is 11.8 Å². The van der Waals surface area contributed by atoms with Gasteiger partial charge in [0.15, 0.2) is 0 Å². The van der Waals surface area contributed by atoms with E-state index in [0.717, 1.165) is 19.5 Å². The Morgan fingerprint density at radius 3 is 2.79 bits per heavy atom. The second-order valence-corrected chi connectivity index (χ2v) is 4.57. The van der Waals surface area contributed by atoms with E-state index in [-0.39, 0.29) is 18.3 Å². The van der Waals surface area contributed by atoms with Crippen LogP contribution in [0.15, 0.2) is 0 Å². The normalized spacial score (nSPS) is 36.2. The molecular weight excluding hydrogens is 186 g/mol. The molecule has 2 N–H and O–H groups in total. The van der Waals surface area contributed by atoms with E-state index in [9.17, 15) is 8.78 Å². The minimum Gasteiger partial charge on any atom is -0.330 e. The number of nitrogens with two attached hydrogens (primary N) is 1. The molecule has 1 heterocycles. The van der Waals surface area contributed by atoms with Crippen LogP contribution in [-0.2, 0) is 0 Å². The van der Waals surface area contributed by atoms with E-state index in [2.05, 4.69) is 4.90 Å². The molecule has 0 amide bonds. The Labute approximate surface area is 83.4 Å². The van der Waals surface area contributed by atoms with Crippen molar-refractivity contribution in [2.45, 2.75) is 25.2 Å². The Kier molecular flexibility index (Phi) is 2.75. The first-order valence-electron chi connectivity index (χ1n) is 5.44. The first-order valence-corrected chi connectivity index (χ1v) is 5.44. The molecule has 1 aliphatic heterocycles. The van der Waals surface area contributed by atoms with E-state index in [1.807, 2.05) is 0 Å². The quantitative estimate of drug-likeness (QED) is 0.751. The molecule has 1 saturated carbocycles. The van der Waals surface area contributed by atoms with Crippen molar-refractivity contribution in [3.8, 4) is 0 Å². The largest absolute Gasteiger partial charge is 0.330 e. The number of fused-ring (bicyclic) bond motifs is 1. The summed E-state index contributed by atoms with van der Waals surface area (Å²) >= 11 is 0. The zero-order valence-corrected chi connectivity index (χ0v) is 8.38. The van der Waals surface area contributed by atoms with Gasteiger partial charge in [-0.2, -0.15) is 0 Å². The molecule has 0 radical (unpaired) electrons. The monoisotopic (exact) mass is 204 g/mol. The second-order valence-electron chi connectivity index (χ2n) is 4.57. The van der Waals surface area contributed by atoms with Crippen molar-refractivity contribution in [3.63, 3.8) is 0 Å². The summed E-state index contributed by atoms with van der Waals surface area (Å²) in [6, 6.07) is 0. The van der Waals surface area contributed by atoms with Crippen molar-refractivity contribution >= 4 is 0 Å². The molecule has 0 aromatic rings. The fourth-order valence-corrected chi connectivity index (χ4v) is 2.79. The number of likely N-dealkylation sites (tertiary alicyclic amines) is 1. The van der Waals surface area contributed by atoms with Gasteiger partial charge in [0.05, 0.1) is 0 Å². The first-order chi connectivity index (χ1) is 6.63. The Morgan fingerprint density at radius 2 is 2.14 bits per heavy atom. The van der Waals surface area contributed by atoms with Gasteiger partial charge in [0.25, 0.3) is 5.92 Å². The third kappa shape index (κ3) is 1.77. The van der Waals surface area contributed by atoms with Crippen molar-refractivity contribution in [1.82, 2.24) is 4.90 Å². The number of hydrogen-bond acceptors (Lipinski definition) is 2. The summed E-state index contributed by atoms with van der Waals surface area (Å²) in [4.78, 5) is 2.15. The number of rotatable bonds is 3. The Balaban J connectivity index is 1.88. The predicted molar refractivity (Wildman–Crippen MR) is 51.3 cm³/mol. The molecule has 2 atom stereocenters. The van der Waals surface area contributed by atoms with Crippen LogP contribution in [0.25, 0.3) is 0 Å². The summed E-state index contributed by atoms with van der Waals surface area (Å²) in [6.07, 6.45) is 1.73. The molecular formula is C10H18F2N2. The van der Waals surface area contributed by atoms with Gasteiger partial charge in [-0.3, -0.25) is 0 Å². The van der Waals surface area contributed by atoms with Crippen molar-refractivity contribution in [2.75, 3.05) is 26.2 Å². The SMILES string of the molecule is NCCCN1CC2CCC(F)(F)C2C1. The summed E-state index contributed by atoms with van der Waals surface area (Å²) in [7, 11) is 0. The third-order valence-electron chi connectivity index (χ3n) is 3.59. The molecule has 1 saturated heterocycles. The van der Waals surface area contributed by atoms with Gasteiger partial charge in [-0.15, -0.1) is 0 Å². The topological polar surface area (TPSA) is 29.3 Å². The lowest BCUT2D eigenvalue weighted by atomic mass is 9.99. The minimum atomic E-state index is -2.40. The maximum Gasteiger partial charge on any atom is 0.252 e. The maximum absolute atomic E-state index is 13.3. The summed E-state index contributed by atoms with van der Waals surface area (Å²) in [5.74, 6) is -2.54. The standard InChI is InChI=1S/C10H18F2N2/c11-10(12)3-2-8-6-14(5-1-4-13)7-9(8)10/h8-9H,1-7,13H2. The number of hydrogen-bond donors (Lipinski definition) is 1. The lowest BCUT2D eigenvalue weighted by molar-refractivity contribution is -0.0398. The lowest BCUT2D eigenvalue weighted by Gasteiger charge is -2.19. The van der Waals surface area contributed by atoms with Crippen LogP contribution in [0.3, 0.4) is 0 Å². The van der Waals surface area contributed by atoms with Crippen LogP contribution in [0.2, 0.25) is 0 Å². The van der Waals surface area contributed by atoms with E-state index in [1.165, 1.54) is 0 Å². The second kappa shape index (κ2) is 3.74. The average molecular weight is 204 g/mol. The lowest BCUT2D eigenvalue weighted by Crippen LogP contribution is -2.30. The van der Waals surface area contributed by atoms with Crippen LogP contribution >= 0.6 is 0 Å². The number of alkyl halides is 2. The molecule has 2 unspecified atom stereocenters. The van der Waals surface area contributed by atoms with E-state index in [4.69, 9.17) is 5.73 Å². The smallest absolute Gasteiger partial charge is 0.252 e. The van der Waals surface area contributed by atoms with Crippen LogP contribution < -0.4 is 5.73 Å². The zero-order valence-electron chi connectivity index (χ0n) is 8.38. The highest BCUT2D eigenvalue weighted by molar-refractivity contribution is 4.97. The van der Waals surface area contributed by atoms with Gasteiger partial charge in [0, 0.05) is 25.4 Å². The average Bonchev–Trinajstić information content (AvgIpc) is 2.65. The Hall–Kier alpha value is -0.220. The van der Waals surface area contributed by atoms with E-state index in [0.29, 0.717) is 19.5 Å². The molecule has 0 aromatic heterocycles. The van der Waals surface area contributed by atoms with E-state index in [1.54, 1.807) is 0 Å². The van der Waals surface area contributed by atoms with Gasteiger partial charge < -0.3 is 10.6 Å². The molecule has 14 heavy (non-hydrogen) atoms. The van der Waals surface area contributed by atoms with Crippen molar-refractivity contribution in [2.24, 2.45) is 17.6 Å². The summed E-state index contributed by atoms with van der Waals surface area (Å²) < 4.78 is 26.7. The Morgan fingerprint density at radius 1 is 1.36 bits per heavy atom. The highest BCUT2D eigenvalue weighted by Crippen LogP contribution is 2.47.